The molecule has 0 aliphatic rings. The quantitative estimate of drug-likeness (QED) is 0.481. The third kappa shape index (κ3) is 3.50. The predicted molar refractivity (Wildman–Crippen MR) is 104 cm³/mol. The molecule has 30 heavy (non-hydrogen) atoms. The Kier molecular flexibility index (Phi) is 4.94. The Bertz CT molecular complexity index is 1340. The number of rotatable bonds is 5. The summed E-state index contributed by atoms with van der Waals surface area (Å²) in [5.74, 6) is -2.29. The summed E-state index contributed by atoms with van der Waals surface area (Å²) in [5.41, 5.74) is 0.465. The highest BCUT2D eigenvalue weighted by atomic mass is 32.2. The van der Waals surface area contributed by atoms with Gasteiger partial charge in [-0.05, 0) is 48.9 Å². The molecule has 4 rings (SSSR count). The van der Waals surface area contributed by atoms with Gasteiger partial charge in [0.05, 0.1) is 12.2 Å². The summed E-state index contributed by atoms with van der Waals surface area (Å²) in [6, 6.07) is 10.9. The van der Waals surface area contributed by atoms with Crippen LogP contribution in [-0.4, -0.2) is 23.0 Å². The van der Waals surface area contributed by atoms with Crippen molar-refractivity contribution in [2.75, 3.05) is 4.31 Å². The highest BCUT2D eigenvalue weighted by molar-refractivity contribution is 7.93. The van der Waals surface area contributed by atoms with Crippen LogP contribution >= 0.6 is 0 Å². The van der Waals surface area contributed by atoms with Crippen molar-refractivity contribution < 1.29 is 21.6 Å². The lowest BCUT2D eigenvalue weighted by Gasteiger charge is -2.25. The lowest BCUT2D eigenvalue weighted by molar-refractivity contribution is 0.508. The number of sulfonamides is 1. The minimum Gasteiger partial charge on any atom is -0.286 e. The maximum atomic E-state index is 13.9. The van der Waals surface area contributed by atoms with E-state index in [4.69, 9.17) is 0 Å². The Morgan fingerprint density at radius 1 is 0.967 bits per heavy atom. The molecular formula is C20H15F3N4O2S. The highest BCUT2D eigenvalue weighted by Gasteiger charge is 2.29. The lowest BCUT2D eigenvalue weighted by atomic mass is 10.2. The first-order chi connectivity index (χ1) is 14.3. The SMILES string of the molecule is Cc1nnc2c(S(=O)(=O)N(Cc3ccc(F)cc3)c3ccc(F)c(F)c3)cccn12. The number of benzene rings is 2. The van der Waals surface area contributed by atoms with Crippen LogP contribution in [0.1, 0.15) is 11.4 Å². The van der Waals surface area contributed by atoms with Gasteiger partial charge in [0.2, 0.25) is 0 Å². The number of hydrogen-bond donors (Lipinski definition) is 0. The van der Waals surface area contributed by atoms with Gasteiger partial charge in [-0.15, -0.1) is 10.2 Å². The van der Waals surface area contributed by atoms with Crippen LogP contribution in [0.4, 0.5) is 18.9 Å². The van der Waals surface area contributed by atoms with E-state index in [1.54, 1.807) is 13.1 Å². The number of anilines is 1. The predicted octanol–water partition coefficient (Wildman–Crippen LogP) is 3.85. The van der Waals surface area contributed by atoms with Crippen LogP contribution in [0, 0.1) is 24.4 Å². The van der Waals surface area contributed by atoms with Gasteiger partial charge in [-0.1, -0.05) is 12.1 Å². The fraction of sp³-hybridized carbons (Fsp3) is 0.100. The second-order valence-corrected chi connectivity index (χ2v) is 8.38. The Balaban J connectivity index is 1.88. The summed E-state index contributed by atoms with van der Waals surface area (Å²) >= 11 is 0. The van der Waals surface area contributed by atoms with Crippen LogP contribution in [0.5, 0.6) is 0 Å². The second-order valence-electron chi connectivity index (χ2n) is 6.55. The summed E-state index contributed by atoms with van der Waals surface area (Å²) in [6.45, 7) is 1.43. The molecule has 2 aromatic heterocycles. The molecule has 0 saturated carbocycles. The molecule has 0 atom stereocenters. The van der Waals surface area contributed by atoms with Crippen LogP contribution in [-0.2, 0) is 16.6 Å². The van der Waals surface area contributed by atoms with Gasteiger partial charge in [0, 0.05) is 12.3 Å². The average molecular weight is 432 g/mol. The Labute approximate surface area is 170 Å². The molecule has 0 unspecified atom stereocenters. The van der Waals surface area contributed by atoms with Gasteiger partial charge in [-0.3, -0.25) is 8.71 Å². The maximum absolute atomic E-state index is 13.9. The highest BCUT2D eigenvalue weighted by Crippen LogP contribution is 2.29. The number of halogens is 3. The molecule has 154 valence electrons. The zero-order chi connectivity index (χ0) is 21.5. The molecule has 2 aromatic carbocycles. The minimum absolute atomic E-state index is 0.0866. The number of aryl methyl sites for hydroxylation is 1. The zero-order valence-corrected chi connectivity index (χ0v) is 16.4. The molecule has 0 N–H and O–H groups in total. The smallest absolute Gasteiger partial charge is 0.268 e. The van der Waals surface area contributed by atoms with Gasteiger partial charge in [-0.2, -0.15) is 0 Å². The Hall–Kier alpha value is -3.40. The summed E-state index contributed by atoms with van der Waals surface area (Å²) in [7, 11) is -4.28. The molecule has 0 amide bonds. The van der Waals surface area contributed by atoms with Crippen molar-refractivity contribution in [1.29, 1.82) is 0 Å². The van der Waals surface area contributed by atoms with Gasteiger partial charge in [0.1, 0.15) is 16.5 Å². The maximum Gasteiger partial charge on any atom is 0.268 e. The van der Waals surface area contributed by atoms with Crippen molar-refractivity contribution in [3.8, 4) is 0 Å². The molecule has 6 nitrogen and oxygen atoms in total. The van der Waals surface area contributed by atoms with Crippen LogP contribution in [0.3, 0.4) is 0 Å². The zero-order valence-electron chi connectivity index (χ0n) is 15.6. The van der Waals surface area contributed by atoms with E-state index in [0.717, 1.165) is 22.5 Å². The summed E-state index contributed by atoms with van der Waals surface area (Å²) < 4.78 is 70.2. The van der Waals surface area contributed by atoms with Gasteiger partial charge in [0.25, 0.3) is 10.0 Å². The monoisotopic (exact) mass is 432 g/mol. The van der Waals surface area contributed by atoms with E-state index in [9.17, 15) is 21.6 Å². The van der Waals surface area contributed by atoms with Crippen LogP contribution < -0.4 is 4.31 Å². The average Bonchev–Trinajstić information content (AvgIpc) is 3.10. The normalized spacial score (nSPS) is 11.7. The Morgan fingerprint density at radius 2 is 1.70 bits per heavy atom. The standard InChI is InChI=1S/C20H15F3N4O2S/c1-13-24-25-20-19(3-2-10-26(13)20)30(28,29)27(12-14-4-6-15(21)7-5-14)16-8-9-17(22)18(23)11-16/h2-11H,12H2,1H3. The van der Waals surface area contributed by atoms with E-state index in [1.807, 2.05) is 0 Å². The molecule has 0 spiro atoms. The number of pyridine rings is 1. The first kappa shape index (κ1) is 19.9. The minimum atomic E-state index is -4.28. The Morgan fingerprint density at radius 3 is 2.40 bits per heavy atom. The lowest BCUT2D eigenvalue weighted by Crippen LogP contribution is -2.31. The first-order valence-electron chi connectivity index (χ1n) is 8.80. The van der Waals surface area contributed by atoms with Gasteiger partial charge < -0.3 is 0 Å². The third-order valence-electron chi connectivity index (χ3n) is 4.57. The fourth-order valence-corrected chi connectivity index (χ4v) is 4.61. The van der Waals surface area contributed by atoms with E-state index in [-0.39, 0.29) is 22.8 Å². The van der Waals surface area contributed by atoms with Crippen LogP contribution in [0.25, 0.3) is 5.65 Å². The molecule has 0 bridgehead atoms. The number of nitrogens with zero attached hydrogens (tertiary/aromatic N) is 4. The molecule has 0 saturated heterocycles. The van der Waals surface area contributed by atoms with Crippen molar-refractivity contribution in [1.82, 2.24) is 14.6 Å². The first-order valence-corrected chi connectivity index (χ1v) is 10.2. The van der Waals surface area contributed by atoms with Crippen LogP contribution in [0.15, 0.2) is 65.7 Å². The molecule has 0 aliphatic heterocycles. The van der Waals surface area contributed by atoms with E-state index in [2.05, 4.69) is 10.2 Å². The number of aromatic nitrogens is 3. The molecule has 0 fully saturated rings. The van der Waals surface area contributed by atoms with Crippen LogP contribution in [0.2, 0.25) is 0 Å². The summed E-state index contributed by atoms with van der Waals surface area (Å²) in [4.78, 5) is -0.155. The second kappa shape index (κ2) is 7.45. The topological polar surface area (TPSA) is 67.6 Å². The molecule has 0 aliphatic carbocycles. The van der Waals surface area contributed by atoms with Gasteiger partial charge in [-0.25, -0.2) is 21.6 Å². The molecule has 0 radical (unpaired) electrons. The molecule has 10 heteroatoms. The number of fused-ring (bicyclic) bond motifs is 1. The van der Waals surface area contributed by atoms with Gasteiger partial charge >= 0.3 is 0 Å². The fourth-order valence-electron chi connectivity index (χ4n) is 3.04. The summed E-state index contributed by atoms with van der Waals surface area (Å²) in [6.07, 6.45) is 1.62. The van der Waals surface area contributed by atoms with Crippen molar-refractivity contribution in [3.05, 3.63) is 89.6 Å². The molecule has 2 heterocycles. The molecule has 4 aromatic rings. The van der Waals surface area contributed by atoms with Gasteiger partial charge in [0.15, 0.2) is 17.3 Å². The van der Waals surface area contributed by atoms with Crippen molar-refractivity contribution in [3.63, 3.8) is 0 Å². The van der Waals surface area contributed by atoms with Crippen molar-refractivity contribution in [2.45, 2.75) is 18.4 Å². The van der Waals surface area contributed by atoms with E-state index >= 15 is 0 Å². The van der Waals surface area contributed by atoms with Crippen molar-refractivity contribution in [2.24, 2.45) is 0 Å². The van der Waals surface area contributed by atoms with Crippen molar-refractivity contribution >= 4 is 21.4 Å². The van der Waals surface area contributed by atoms with E-state index < -0.39 is 27.5 Å². The van der Waals surface area contributed by atoms with E-state index in [0.29, 0.717) is 11.4 Å². The van der Waals surface area contributed by atoms with E-state index in [1.165, 1.54) is 40.8 Å². The largest absolute Gasteiger partial charge is 0.286 e. The third-order valence-corrected chi connectivity index (χ3v) is 6.36. The summed E-state index contributed by atoms with van der Waals surface area (Å²) in [5, 5.41) is 7.83. The number of hydrogen-bond acceptors (Lipinski definition) is 4. The molecular weight excluding hydrogens is 417 g/mol.